The number of carbonyl (C=O) groups excluding carboxylic acids is 2. The maximum absolute atomic E-state index is 11.8. The molecule has 0 saturated heterocycles. The molecule has 6 nitrogen and oxygen atoms in total. The fourth-order valence-corrected chi connectivity index (χ4v) is 2.25. The molecule has 1 aromatic heterocycles. The lowest BCUT2D eigenvalue weighted by Gasteiger charge is -2.15. The van der Waals surface area contributed by atoms with Crippen molar-refractivity contribution >= 4 is 22.8 Å². The van der Waals surface area contributed by atoms with E-state index >= 15 is 0 Å². The number of aromatic nitrogens is 1. The predicted molar refractivity (Wildman–Crippen MR) is 78.2 cm³/mol. The molecule has 1 atom stereocenters. The first kappa shape index (κ1) is 14.9. The minimum Gasteiger partial charge on any atom is -0.497 e. The lowest BCUT2D eigenvalue weighted by Crippen LogP contribution is -2.41. The third kappa shape index (κ3) is 3.34. The Morgan fingerprint density at radius 2 is 2.10 bits per heavy atom. The average molecular weight is 290 g/mol. The first-order valence-corrected chi connectivity index (χ1v) is 6.54. The molecular weight excluding hydrogens is 272 g/mol. The van der Waals surface area contributed by atoms with Crippen LogP contribution >= 0.6 is 0 Å². The predicted octanol–water partition coefficient (Wildman–Crippen LogP) is 1.40. The molecule has 21 heavy (non-hydrogen) atoms. The van der Waals surface area contributed by atoms with Crippen LogP contribution in [0.15, 0.2) is 24.4 Å². The molecule has 0 spiro atoms. The molecule has 0 fully saturated rings. The van der Waals surface area contributed by atoms with Crippen LogP contribution in [0.25, 0.3) is 10.9 Å². The Hall–Kier alpha value is -2.50. The minimum atomic E-state index is -0.710. The van der Waals surface area contributed by atoms with Gasteiger partial charge < -0.3 is 19.8 Å². The second-order valence-electron chi connectivity index (χ2n) is 4.71. The lowest BCUT2D eigenvalue weighted by molar-refractivity contribution is -0.144. The van der Waals surface area contributed by atoms with E-state index in [4.69, 9.17) is 9.47 Å². The number of ether oxygens (including phenoxy) is 2. The molecule has 1 heterocycles. The van der Waals surface area contributed by atoms with Gasteiger partial charge in [-0.2, -0.15) is 0 Å². The number of fused-ring (bicyclic) bond motifs is 1. The maximum Gasteiger partial charge on any atom is 0.328 e. The fourth-order valence-electron chi connectivity index (χ4n) is 2.25. The van der Waals surface area contributed by atoms with E-state index in [1.807, 2.05) is 24.4 Å². The monoisotopic (exact) mass is 290 g/mol. The van der Waals surface area contributed by atoms with Crippen molar-refractivity contribution in [2.45, 2.75) is 19.4 Å². The fraction of sp³-hybridized carbons (Fsp3) is 0.333. The van der Waals surface area contributed by atoms with Crippen LogP contribution in [0.1, 0.15) is 12.5 Å². The summed E-state index contributed by atoms with van der Waals surface area (Å²) >= 11 is 0. The topological polar surface area (TPSA) is 80.4 Å². The summed E-state index contributed by atoms with van der Waals surface area (Å²) in [5.74, 6) is -0.0113. The summed E-state index contributed by atoms with van der Waals surface area (Å²) in [7, 11) is 2.90. The Bertz CT molecular complexity index is 663. The van der Waals surface area contributed by atoms with Crippen molar-refractivity contribution in [3.8, 4) is 5.75 Å². The third-order valence-electron chi connectivity index (χ3n) is 3.26. The zero-order chi connectivity index (χ0) is 15.4. The third-order valence-corrected chi connectivity index (χ3v) is 3.26. The molecule has 0 unspecified atom stereocenters. The van der Waals surface area contributed by atoms with Gasteiger partial charge in [-0.05, 0) is 23.8 Å². The Morgan fingerprint density at radius 3 is 2.71 bits per heavy atom. The number of methoxy groups -OCH3 is 2. The number of amides is 1. The summed E-state index contributed by atoms with van der Waals surface area (Å²) in [6, 6.07) is 4.94. The van der Waals surface area contributed by atoms with Crippen LogP contribution in [0.3, 0.4) is 0 Å². The van der Waals surface area contributed by atoms with Crippen LogP contribution in [0.4, 0.5) is 0 Å². The lowest BCUT2D eigenvalue weighted by atomic mass is 10.0. The average Bonchev–Trinajstić information content (AvgIpc) is 2.87. The Kier molecular flexibility index (Phi) is 4.47. The van der Waals surface area contributed by atoms with Crippen molar-refractivity contribution in [2.75, 3.05) is 14.2 Å². The van der Waals surface area contributed by atoms with Gasteiger partial charge in [-0.1, -0.05) is 0 Å². The Morgan fingerprint density at radius 1 is 1.33 bits per heavy atom. The molecule has 0 aliphatic carbocycles. The van der Waals surface area contributed by atoms with Gasteiger partial charge in [0.15, 0.2) is 0 Å². The largest absolute Gasteiger partial charge is 0.497 e. The number of rotatable bonds is 5. The van der Waals surface area contributed by atoms with Crippen LogP contribution in [0, 0.1) is 0 Å². The summed E-state index contributed by atoms with van der Waals surface area (Å²) < 4.78 is 9.94. The molecule has 0 saturated carbocycles. The highest BCUT2D eigenvalue weighted by atomic mass is 16.5. The van der Waals surface area contributed by atoms with Crippen molar-refractivity contribution in [1.82, 2.24) is 10.3 Å². The van der Waals surface area contributed by atoms with E-state index in [0.29, 0.717) is 6.42 Å². The summed E-state index contributed by atoms with van der Waals surface area (Å²) in [5.41, 5.74) is 1.85. The Balaban J connectivity index is 2.31. The van der Waals surface area contributed by atoms with Crippen molar-refractivity contribution in [2.24, 2.45) is 0 Å². The highest BCUT2D eigenvalue weighted by molar-refractivity contribution is 5.87. The molecule has 0 aliphatic rings. The van der Waals surface area contributed by atoms with E-state index in [1.165, 1.54) is 14.0 Å². The second kappa shape index (κ2) is 6.30. The molecule has 6 heteroatoms. The summed E-state index contributed by atoms with van der Waals surface area (Å²) in [6.07, 6.45) is 2.17. The van der Waals surface area contributed by atoms with Gasteiger partial charge in [-0.25, -0.2) is 4.79 Å². The number of nitrogens with one attached hydrogen (secondary N) is 2. The van der Waals surface area contributed by atoms with E-state index in [0.717, 1.165) is 22.2 Å². The minimum absolute atomic E-state index is 0.275. The van der Waals surface area contributed by atoms with E-state index in [2.05, 4.69) is 10.3 Å². The zero-order valence-electron chi connectivity index (χ0n) is 12.2. The van der Waals surface area contributed by atoms with E-state index < -0.39 is 12.0 Å². The quantitative estimate of drug-likeness (QED) is 0.816. The van der Waals surface area contributed by atoms with Crippen molar-refractivity contribution in [1.29, 1.82) is 0 Å². The van der Waals surface area contributed by atoms with Gasteiger partial charge in [0.2, 0.25) is 5.91 Å². The molecule has 0 radical (unpaired) electrons. The molecule has 1 aromatic carbocycles. The summed E-state index contributed by atoms with van der Waals surface area (Å²) in [6.45, 7) is 1.37. The SMILES string of the molecule is COC(=O)[C@@H](Cc1c[nH]c2ccc(OC)cc12)NC(C)=O. The maximum atomic E-state index is 11.8. The van der Waals surface area contributed by atoms with Crippen LogP contribution in [0.2, 0.25) is 0 Å². The normalized spacial score (nSPS) is 12.0. The van der Waals surface area contributed by atoms with Crippen LogP contribution in [0.5, 0.6) is 5.75 Å². The first-order valence-electron chi connectivity index (χ1n) is 6.54. The van der Waals surface area contributed by atoms with Crippen molar-refractivity contribution in [3.05, 3.63) is 30.0 Å². The molecular formula is C15H18N2O4. The molecule has 2 rings (SSSR count). The molecule has 0 bridgehead atoms. The van der Waals surface area contributed by atoms with Crippen LogP contribution in [-0.2, 0) is 20.7 Å². The molecule has 2 aromatic rings. The van der Waals surface area contributed by atoms with E-state index in [1.54, 1.807) is 7.11 Å². The van der Waals surface area contributed by atoms with Gasteiger partial charge in [0.1, 0.15) is 11.8 Å². The van der Waals surface area contributed by atoms with Gasteiger partial charge in [-0.3, -0.25) is 4.79 Å². The van der Waals surface area contributed by atoms with Gasteiger partial charge in [0, 0.05) is 30.4 Å². The van der Waals surface area contributed by atoms with Crippen LogP contribution < -0.4 is 10.1 Å². The van der Waals surface area contributed by atoms with Gasteiger partial charge >= 0.3 is 5.97 Å². The highest BCUT2D eigenvalue weighted by Crippen LogP contribution is 2.24. The molecule has 1 amide bonds. The van der Waals surface area contributed by atoms with Gasteiger partial charge in [0.25, 0.3) is 0 Å². The summed E-state index contributed by atoms with van der Waals surface area (Å²) in [4.78, 5) is 26.1. The van der Waals surface area contributed by atoms with Gasteiger partial charge in [-0.15, -0.1) is 0 Å². The standard InChI is InChI=1S/C15H18N2O4/c1-9(18)17-14(15(19)21-3)6-10-8-16-13-5-4-11(20-2)7-12(10)13/h4-5,7-8,14,16H,6H2,1-3H3,(H,17,18)/t14-/m1/s1. The number of carbonyl (C=O) groups is 2. The first-order chi connectivity index (χ1) is 10.0. The zero-order valence-corrected chi connectivity index (χ0v) is 12.2. The smallest absolute Gasteiger partial charge is 0.328 e. The number of hydrogen-bond acceptors (Lipinski definition) is 4. The van der Waals surface area contributed by atoms with E-state index in [9.17, 15) is 9.59 Å². The number of esters is 1. The number of hydrogen-bond donors (Lipinski definition) is 2. The van der Waals surface area contributed by atoms with Gasteiger partial charge in [0.05, 0.1) is 14.2 Å². The number of aromatic amines is 1. The van der Waals surface area contributed by atoms with E-state index in [-0.39, 0.29) is 5.91 Å². The second-order valence-corrected chi connectivity index (χ2v) is 4.71. The molecule has 2 N–H and O–H groups in total. The highest BCUT2D eigenvalue weighted by Gasteiger charge is 2.22. The van der Waals surface area contributed by atoms with Crippen molar-refractivity contribution in [3.63, 3.8) is 0 Å². The number of benzene rings is 1. The Labute approximate surface area is 122 Å². The number of H-pyrrole nitrogens is 1. The van der Waals surface area contributed by atoms with Crippen molar-refractivity contribution < 1.29 is 19.1 Å². The van der Waals surface area contributed by atoms with Crippen LogP contribution in [-0.4, -0.2) is 37.1 Å². The molecule has 112 valence electrons. The summed E-state index contributed by atoms with van der Waals surface area (Å²) in [5, 5.41) is 3.56. The molecule has 0 aliphatic heterocycles.